The molecule has 1 heterocycles. The molecule has 0 unspecified atom stereocenters. The summed E-state index contributed by atoms with van der Waals surface area (Å²) in [6.45, 7) is 0. The zero-order valence-corrected chi connectivity index (χ0v) is 15.8. The Morgan fingerprint density at radius 2 is 1.18 bits per heavy atom. The van der Waals surface area contributed by atoms with Crippen LogP contribution in [-0.4, -0.2) is 4.57 Å². The van der Waals surface area contributed by atoms with Crippen molar-refractivity contribution in [3.8, 4) is 5.69 Å². The van der Waals surface area contributed by atoms with Gasteiger partial charge in [-0.2, -0.15) is 0 Å². The van der Waals surface area contributed by atoms with Gasteiger partial charge in [-0.15, -0.1) is 0 Å². The van der Waals surface area contributed by atoms with Crippen molar-refractivity contribution in [3.63, 3.8) is 0 Å². The molecule has 0 aliphatic rings. The molecule has 6 aromatic rings. The van der Waals surface area contributed by atoms with Gasteiger partial charge in [0.2, 0.25) is 0 Å². The summed E-state index contributed by atoms with van der Waals surface area (Å²) < 4.78 is 2.37. The maximum Gasteiger partial charge on any atom is 0.0547 e. The fourth-order valence-electron chi connectivity index (χ4n) is 4.44. The van der Waals surface area contributed by atoms with Crippen LogP contribution in [0.3, 0.4) is 0 Å². The molecule has 0 bridgehead atoms. The molecule has 0 amide bonds. The SMILES string of the molecule is Clc1ccc(-n2c3ccccc3c3c4ccccc4ccc32)c2ccccc12. The number of hydrogen-bond donors (Lipinski definition) is 0. The second-order valence-corrected chi connectivity index (χ2v) is 7.55. The van der Waals surface area contributed by atoms with Crippen LogP contribution in [0.2, 0.25) is 5.02 Å². The Hall–Kier alpha value is -3.29. The van der Waals surface area contributed by atoms with Gasteiger partial charge in [0.15, 0.2) is 0 Å². The van der Waals surface area contributed by atoms with Crippen molar-refractivity contribution in [2.45, 2.75) is 0 Å². The molecule has 6 rings (SSSR count). The van der Waals surface area contributed by atoms with E-state index in [0.29, 0.717) is 0 Å². The number of aromatic nitrogens is 1. The number of hydrogen-bond acceptors (Lipinski definition) is 0. The van der Waals surface area contributed by atoms with E-state index >= 15 is 0 Å². The predicted octanol–water partition coefficient (Wildman–Crippen LogP) is 7.74. The maximum absolute atomic E-state index is 6.50. The summed E-state index contributed by atoms with van der Waals surface area (Å²) in [6.07, 6.45) is 0. The topological polar surface area (TPSA) is 4.93 Å². The van der Waals surface area contributed by atoms with Gasteiger partial charge in [-0.1, -0.05) is 84.4 Å². The zero-order valence-electron chi connectivity index (χ0n) is 15.1. The lowest BCUT2D eigenvalue weighted by molar-refractivity contribution is 1.20. The number of fused-ring (bicyclic) bond motifs is 6. The highest BCUT2D eigenvalue weighted by Gasteiger charge is 2.16. The quantitative estimate of drug-likeness (QED) is 0.276. The monoisotopic (exact) mass is 377 g/mol. The van der Waals surface area contributed by atoms with Gasteiger partial charge >= 0.3 is 0 Å². The van der Waals surface area contributed by atoms with E-state index in [-0.39, 0.29) is 0 Å². The molecular formula is C26H16ClN. The lowest BCUT2D eigenvalue weighted by Crippen LogP contribution is -1.95. The highest BCUT2D eigenvalue weighted by Crippen LogP contribution is 2.39. The number of rotatable bonds is 1. The van der Waals surface area contributed by atoms with Crippen LogP contribution in [0.15, 0.2) is 97.1 Å². The third-order valence-corrected chi connectivity index (χ3v) is 5.98. The van der Waals surface area contributed by atoms with Gasteiger partial charge in [-0.3, -0.25) is 0 Å². The summed E-state index contributed by atoms with van der Waals surface area (Å²) in [6, 6.07) is 34.2. The first-order valence-corrected chi connectivity index (χ1v) is 9.79. The number of halogens is 1. The molecule has 0 spiro atoms. The van der Waals surface area contributed by atoms with E-state index in [4.69, 9.17) is 11.6 Å². The third kappa shape index (κ3) is 2.08. The number of benzene rings is 5. The van der Waals surface area contributed by atoms with Crippen LogP contribution in [0.4, 0.5) is 0 Å². The third-order valence-electron chi connectivity index (χ3n) is 5.65. The van der Waals surface area contributed by atoms with Crippen molar-refractivity contribution in [2.75, 3.05) is 0 Å². The fraction of sp³-hybridized carbons (Fsp3) is 0. The van der Waals surface area contributed by atoms with E-state index in [9.17, 15) is 0 Å². The van der Waals surface area contributed by atoms with Gasteiger partial charge in [-0.25, -0.2) is 0 Å². The molecular weight excluding hydrogens is 362 g/mol. The van der Waals surface area contributed by atoms with Gasteiger partial charge in [0, 0.05) is 26.6 Å². The first kappa shape index (κ1) is 15.7. The minimum absolute atomic E-state index is 0.783. The zero-order chi connectivity index (χ0) is 18.7. The van der Waals surface area contributed by atoms with Crippen LogP contribution in [0.5, 0.6) is 0 Å². The van der Waals surface area contributed by atoms with Crippen molar-refractivity contribution in [3.05, 3.63) is 102 Å². The van der Waals surface area contributed by atoms with Crippen LogP contribution in [-0.2, 0) is 0 Å². The summed E-state index contributed by atoms with van der Waals surface area (Å²) in [5.41, 5.74) is 3.58. The Morgan fingerprint density at radius 3 is 2.04 bits per heavy atom. The van der Waals surface area contributed by atoms with Crippen LogP contribution in [0.25, 0.3) is 49.0 Å². The molecule has 28 heavy (non-hydrogen) atoms. The Balaban J connectivity index is 1.87. The van der Waals surface area contributed by atoms with Crippen molar-refractivity contribution in [1.82, 2.24) is 4.57 Å². The first-order chi connectivity index (χ1) is 13.8. The molecule has 1 nitrogen and oxygen atoms in total. The minimum atomic E-state index is 0.783. The molecule has 1 aromatic heterocycles. The summed E-state index contributed by atoms with van der Waals surface area (Å²) in [5.74, 6) is 0. The van der Waals surface area contributed by atoms with Crippen LogP contribution in [0, 0.1) is 0 Å². The number of nitrogens with zero attached hydrogens (tertiary/aromatic N) is 1. The smallest absolute Gasteiger partial charge is 0.0547 e. The molecule has 0 aliphatic carbocycles. The second kappa shape index (κ2) is 5.85. The molecule has 0 radical (unpaired) electrons. The van der Waals surface area contributed by atoms with Crippen molar-refractivity contribution < 1.29 is 0 Å². The first-order valence-electron chi connectivity index (χ1n) is 9.41. The van der Waals surface area contributed by atoms with Gasteiger partial charge < -0.3 is 4.57 Å². The maximum atomic E-state index is 6.50. The van der Waals surface area contributed by atoms with E-state index in [1.54, 1.807) is 0 Å². The predicted molar refractivity (Wildman–Crippen MR) is 121 cm³/mol. The Labute approximate surface area is 167 Å². The van der Waals surface area contributed by atoms with E-state index in [1.165, 1.54) is 32.6 Å². The highest BCUT2D eigenvalue weighted by atomic mass is 35.5. The normalized spacial score (nSPS) is 11.8. The fourth-order valence-corrected chi connectivity index (χ4v) is 4.67. The van der Waals surface area contributed by atoms with Crippen LogP contribution >= 0.6 is 11.6 Å². The van der Waals surface area contributed by atoms with E-state index in [2.05, 4.69) is 89.5 Å². The molecule has 0 fully saturated rings. The molecule has 0 N–H and O–H groups in total. The highest BCUT2D eigenvalue weighted by molar-refractivity contribution is 6.36. The Bertz CT molecular complexity index is 1520. The van der Waals surface area contributed by atoms with Gasteiger partial charge in [0.05, 0.1) is 16.7 Å². The molecule has 0 saturated carbocycles. The molecule has 0 atom stereocenters. The van der Waals surface area contributed by atoms with E-state index in [0.717, 1.165) is 21.5 Å². The largest absolute Gasteiger partial charge is 0.309 e. The molecule has 2 heteroatoms. The molecule has 5 aromatic carbocycles. The lowest BCUT2D eigenvalue weighted by atomic mass is 10.0. The average Bonchev–Trinajstić information content (AvgIpc) is 3.09. The summed E-state index contributed by atoms with van der Waals surface area (Å²) >= 11 is 6.50. The lowest BCUT2D eigenvalue weighted by Gasteiger charge is -2.12. The van der Waals surface area contributed by atoms with Crippen LogP contribution < -0.4 is 0 Å². The summed E-state index contributed by atoms with van der Waals surface area (Å²) in [5, 5.41) is 8.14. The minimum Gasteiger partial charge on any atom is -0.309 e. The Kier molecular flexibility index (Phi) is 3.29. The number of para-hydroxylation sites is 1. The molecule has 0 aliphatic heterocycles. The molecule has 0 saturated heterocycles. The summed E-state index contributed by atoms with van der Waals surface area (Å²) in [4.78, 5) is 0. The molecule has 132 valence electrons. The Morgan fingerprint density at radius 1 is 0.500 bits per heavy atom. The average molecular weight is 378 g/mol. The van der Waals surface area contributed by atoms with Crippen molar-refractivity contribution in [2.24, 2.45) is 0 Å². The van der Waals surface area contributed by atoms with Gasteiger partial charge in [-0.05, 0) is 35.0 Å². The van der Waals surface area contributed by atoms with Crippen molar-refractivity contribution >= 4 is 55.0 Å². The van der Waals surface area contributed by atoms with Crippen LogP contribution in [0.1, 0.15) is 0 Å². The summed E-state index contributed by atoms with van der Waals surface area (Å²) in [7, 11) is 0. The van der Waals surface area contributed by atoms with Gasteiger partial charge in [0.25, 0.3) is 0 Å². The van der Waals surface area contributed by atoms with Gasteiger partial charge in [0.1, 0.15) is 0 Å². The van der Waals surface area contributed by atoms with E-state index < -0.39 is 0 Å². The van der Waals surface area contributed by atoms with E-state index in [1.807, 2.05) is 12.1 Å². The van der Waals surface area contributed by atoms with Crippen molar-refractivity contribution in [1.29, 1.82) is 0 Å². The second-order valence-electron chi connectivity index (χ2n) is 7.15. The standard InChI is InChI=1S/C26H16ClN/c27-22-14-16-24(20-10-4-3-9-19(20)22)28-23-12-6-5-11-21(23)26-18-8-2-1-7-17(18)13-15-25(26)28/h1-16H.